The number of hydrogen-bond acceptors (Lipinski definition) is 5. The van der Waals surface area contributed by atoms with E-state index in [1.807, 2.05) is 14.1 Å². The van der Waals surface area contributed by atoms with E-state index < -0.39 is 5.97 Å². The topological polar surface area (TPSA) is 103 Å². The first kappa shape index (κ1) is 19.2. The molecule has 0 saturated heterocycles. The molecule has 4 rings (SSSR count). The zero-order valence-corrected chi connectivity index (χ0v) is 16.3. The number of carboxylic acids is 1. The van der Waals surface area contributed by atoms with Gasteiger partial charge in [0, 0.05) is 42.7 Å². The number of aromatic carboxylic acids is 1. The Hall–Kier alpha value is -4.13. The highest BCUT2D eigenvalue weighted by Gasteiger charge is 2.22. The SMILES string of the molecule is CN(C)C=Nc1ccc(-c2c3ccc(=O)cc-3oc3cc(O)ccc23)c(C(=O)O)c1. The fraction of sp³-hybridized carbons (Fsp3) is 0.0870. The number of aliphatic imine (C=N–C) groups is 1. The quantitative estimate of drug-likeness (QED) is 0.301. The van der Waals surface area contributed by atoms with E-state index in [2.05, 4.69) is 4.99 Å². The van der Waals surface area contributed by atoms with Gasteiger partial charge in [-0.1, -0.05) is 6.07 Å². The van der Waals surface area contributed by atoms with Crippen molar-refractivity contribution >= 4 is 29.0 Å². The van der Waals surface area contributed by atoms with E-state index in [4.69, 9.17) is 4.42 Å². The van der Waals surface area contributed by atoms with E-state index in [9.17, 15) is 19.8 Å². The Labute approximate surface area is 171 Å². The van der Waals surface area contributed by atoms with Crippen LogP contribution in [0.1, 0.15) is 10.4 Å². The summed E-state index contributed by atoms with van der Waals surface area (Å²) in [5.41, 5.74) is 2.33. The molecule has 1 aliphatic carbocycles. The maximum Gasteiger partial charge on any atom is 0.336 e. The van der Waals surface area contributed by atoms with Gasteiger partial charge in [-0.05, 0) is 42.0 Å². The van der Waals surface area contributed by atoms with Crippen molar-refractivity contribution < 1.29 is 19.4 Å². The minimum absolute atomic E-state index is 0.00153. The largest absolute Gasteiger partial charge is 0.508 e. The molecule has 2 aromatic rings. The number of benzene rings is 3. The summed E-state index contributed by atoms with van der Waals surface area (Å²) in [6.07, 6.45) is 1.59. The van der Waals surface area contributed by atoms with Crippen LogP contribution in [0.15, 0.2) is 68.8 Å². The molecule has 0 aromatic heterocycles. The lowest BCUT2D eigenvalue weighted by molar-refractivity contribution is 0.0697. The van der Waals surface area contributed by atoms with E-state index >= 15 is 0 Å². The molecule has 0 atom stereocenters. The third-order valence-electron chi connectivity index (χ3n) is 4.62. The monoisotopic (exact) mass is 402 g/mol. The summed E-state index contributed by atoms with van der Waals surface area (Å²) in [6.45, 7) is 0. The predicted octanol–water partition coefficient (Wildman–Crippen LogP) is 4.19. The highest BCUT2D eigenvalue weighted by Crippen LogP contribution is 2.42. The number of carboxylic acid groups (broad SMARTS) is 1. The average Bonchev–Trinajstić information content (AvgIpc) is 2.70. The molecule has 30 heavy (non-hydrogen) atoms. The van der Waals surface area contributed by atoms with Crippen molar-refractivity contribution in [1.82, 2.24) is 4.90 Å². The van der Waals surface area contributed by atoms with Crippen LogP contribution in [0.25, 0.3) is 33.4 Å². The standard InChI is InChI=1S/C23H18N2O5/c1-25(2)12-24-13-3-6-16(19(9-13)23(28)29)22-17-7-4-14(26)10-20(17)30-21-11-15(27)5-8-18(21)22/h3-12,26H,1-2H3,(H,28,29). The van der Waals surface area contributed by atoms with Crippen LogP contribution in [0.5, 0.6) is 5.75 Å². The van der Waals surface area contributed by atoms with Gasteiger partial charge in [0.2, 0.25) is 0 Å². The number of nitrogens with zero attached hydrogens (tertiary/aromatic N) is 2. The van der Waals surface area contributed by atoms with Crippen LogP contribution in [0.3, 0.4) is 0 Å². The second kappa shape index (κ2) is 7.36. The third kappa shape index (κ3) is 3.48. The van der Waals surface area contributed by atoms with Crippen LogP contribution in [0.2, 0.25) is 0 Å². The van der Waals surface area contributed by atoms with Gasteiger partial charge >= 0.3 is 5.97 Å². The second-order valence-corrected chi connectivity index (χ2v) is 7.06. The molecule has 0 saturated carbocycles. The first-order chi connectivity index (χ1) is 14.3. The Morgan fingerprint density at radius 3 is 2.53 bits per heavy atom. The van der Waals surface area contributed by atoms with Crippen LogP contribution in [-0.4, -0.2) is 41.5 Å². The molecule has 150 valence electrons. The highest BCUT2D eigenvalue weighted by molar-refractivity contribution is 6.08. The summed E-state index contributed by atoms with van der Waals surface area (Å²) in [6, 6.07) is 13.9. The summed E-state index contributed by atoms with van der Waals surface area (Å²) in [5.74, 6) is -0.795. The summed E-state index contributed by atoms with van der Waals surface area (Å²) in [4.78, 5) is 30.0. The van der Waals surface area contributed by atoms with E-state index in [1.54, 1.807) is 35.5 Å². The van der Waals surface area contributed by atoms with Gasteiger partial charge in [-0.15, -0.1) is 0 Å². The van der Waals surface area contributed by atoms with Crippen molar-refractivity contribution in [2.45, 2.75) is 0 Å². The molecule has 1 aliphatic heterocycles. The molecule has 2 N–H and O–H groups in total. The van der Waals surface area contributed by atoms with Gasteiger partial charge in [-0.25, -0.2) is 9.79 Å². The molecular weight excluding hydrogens is 384 g/mol. The second-order valence-electron chi connectivity index (χ2n) is 7.06. The summed E-state index contributed by atoms with van der Waals surface area (Å²) < 4.78 is 5.82. The van der Waals surface area contributed by atoms with Gasteiger partial charge in [0.25, 0.3) is 0 Å². The number of phenols is 1. The first-order valence-corrected chi connectivity index (χ1v) is 9.11. The van der Waals surface area contributed by atoms with Gasteiger partial charge < -0.3 is 19.5 Å². The number of phenolic OH excluding ortho intramolecular Hbond substituents is 1. The lowest BCUT2D eigenvalue weighted by atomic mass is 9.90. The predicted molar refractivity (Wildman–Crippen MR) is 115 cm³/mol. The molecule has 1 heterocycles. The van der Waals surface area contributed by atoms with Crippen LogP contribution < -0.4 is 5.43 Å². The normalized spacial score (nSPS) is 11.4. The number of carbonyl (C=O) groups is 1. The molecule has 2 aromatic carbocycles. The van der Waals surface area contributed by atoms with Crippen molar-refractivity contribution in [1.29, 1.82) is 0 Å². The van der Waals surface area contributed by atoms with E-state index in [-0.39, 0.29) is 16.7 Å². The van der Waals surface area contributed by atoms with Crippen molar-refractivity contribution in [3.8, 4) is 28.2 Å². The maximum absolute atomic E-state index is 12.1. The maximum atomic E-state index is 12.1. The van der Waals surface area contributed by atoms with E-state index in [1.165, 1.54) is 30.3 Å². The Kier molecular flexibility index (Phi) is 4.71. The number of aromatic hydroxyl groups is 1. The van der Waals surface area contributed by atoms with Crippen LogP contribution >= 0.6 is 0 Å². The van der Waals surface area contributed by atoms with Crippen LogP contribution in [0, 0.1) is 0 Å². The highest BCUT2D eigenvalue weighted by atomic mass is 16.4. The lowest BCUT2D eigenvalue weighted by Gasteiger charge is -2.17. The Balaban J connectivity index is 2.07. The number of rotatable bonds is 4. The zero-order valence-electron chi connectivity index (χ0n) is 16.3. The van der Waals surface area contributed by atoms with Gasteiger partial charge in [0.15, 0.2) is 5.43 Å². The molecule has 0 amide bonds. The Bertz CT molecular complexity index is 1340. The molecular formula is C23H18N2O5. The molecule has 0 bridgehead atoms. The fourth-order valence-corrected chi connectivity index (χ4v) is 3.34. The average molecular weight is 402 g/mol. The number of fused-ring (bicyclic) bond motifs is 2. The summed E-state index contributed by atoms with van der Waals surface area (Å²) >= 11 is 0. The lowest BCUT2D eigenvalue weighted by Crippen LogP contribution is -2.07. The minimum Gasteiger partial charge on any atom is -0.508 e. The molecule has 0 radical (unpaired) electrons. The number of hydrogen-bond donors (Lipinski definition) is 2. The molecule has 7 nitrogen and oxygen atoms in total. The van der Waals surface area contributed by atoms with Gasteiger partial charge in [0.05, 0.1) is 17.6 Å². The van der Waals surface area contributed by atoms with Crippen molar-refractivity contribution in [3.05, 3.63) is 70.4 Å². The van der Waals surface area contributed by atoms with Gasteiger partial charge in [-0.2, -0.15) is 0 Å². The van der Waals surface area contributed by atoms with Crippen molar-refractivity contribution in [3.63, 3.8) is 0 Å². The third-order valence-corrected chi connectivity index (χ3v) is 4.62. The molecule has 2 aliphatic rings. The van der Waals surface area contributed by atoms with Gasteiger partial charge in [-0.3, -0.25) is 4.79 Å². The molecule has 0 unspecified atom stereocenters. The van der Waals surface area contributed by atoms with Crippen molar-refractivity contribution in [2.75, 3.05) is 14.1 Å². The van der Waals surface area contributed by atoms with Gasteiger partial charge in [0.1, 0.15) is 17.1 Å². The minimum atomic E-state index is -1.10. The smallest absolute Gasteiger partial charge is 0.336 e. The molecule has 7 heteroatoms. The molecule has 0 spiro atoms. The fourth-order valence-electron chi connectivity index (χ4n) is 3.34. The van der Waals surface area contributed by atoms with Crippen LogP contribution in [-0.2, 0) is 0 Å². The van der Waals surface area contributed by atoms with Crippen molar-refractivity contribution in [2.24, 2.45) is 4.99 Å². The van der Waals surface area contributed by atoms with E-state index in [0.29, 0.717) is 39.1 Å². The zero-order chi connectivity index (χ0) is 21.4. The Morgan fingerprint density at radius 1 is 1.03 bits per heavy atom. The first-order valence-electron chi connectivity index (χ1n) is 9.11. The Morgan fingerprint density at radius 2 is 1.80 bits per heavy atom. The summed E-state index contributed by atoms with van der Waals surface area (Å²) in [7, 11) is 3.64. The van der Waals surface area contributed by atoms with E-state index in [0.717, 1.165) is 0 Å². The van der Waals surface area contributed by atoms with Crippen LogP contribution in [0.4, 0.5) is 5.69 Å². The summed E-state index contributed by atoms with van der Waals surface area (Å²) in [5, 5.41) is 20.4. The molecule has 0 fully saturated rings.